The monoisotopic (exact) mass is 449 g/mol. The molecular weight excluding hydrogens is 410 g/mol. The number of ketones is 1. The van der Waals surface area contributed by atoms with E-state index in [9.17, 15) is 9.90 Å². The van der Waals surface area contributed by atoms with Gasteiger partial charge in [-0.15, -0.1) is 0 Å². The fourth-order valence-corrected chi connectivity index (χ4v) is 9.26. The molecular formula is C28H39N3O2. The lowest BCUT2D eigenvalue weighted by molar-refractivity contribution is -0.151. The summed E-state index contributed by atoms with van der Waals surface area (Å²) in [6, 6.07) is 3.92. The molecule has 1 unspecified atom stereocenters. The van der Waals surface area contributed by atoms with Crippen LogP contribution < -0.4 is 0 Å². The molecule has 0 saturated heterocycles. The van der Waals surface area contributed by atoms with Crippen molar-refractivity contribution in [2.45, 2.75) is 90.7 Å². The number of aliphatic hydroxyl groups is 1. The van der Waals surface area contributed by atoms with Crippen molar-refractivity contribution in [3.05, 3.63) is 24.5 Å². The van der Waals surface area contributed by atoms with Crippen LogP contribution in [0.1, 0.15) is 78.6 Å². The molecule has 178 valence electrons. The number of aromatic nitrogens is 3. The molecule has 33 heavy (non-hydrogen) atoms. The number of hydrogen-bond acceptors (Lipinski definition) is 4. The maximum Gasteiger partial charge on any atom is 0.157 e. The SMILES string of the molecule is CC12CC[C@@](C)(O)C[C@@H]1CC[C@@H]1[C@@H]2CC[C@]2(C)[C@@H](C(=O)Cn3ncc4ncccc43)CC[C@@H]12. The van der Waals surface area contributed by atoms with Gasteiger partial charge in [0.05, 0.1) is 17.3 Å². The van der Waals surface area contributed by atoms with Crippen LogP contribution in [0.5, 0.6) is 0 Å². The third-order valence-electron chi connectivity index (χ3n) is 11.1. The lowest BCUT2D eigenvalue weighted by Crippen LogP contribution is -2.55. The van der Waals surface area contributed by atoms with E-state index in [0.29, 0.717) is 29.6 Å². The van der Waals surface area contributed by atoms with Gasteiger partial charge >= 0.3 is 0 Å². The topological polar surface area (TPSA) is 68.0 Å². The third-order valence-corrected chi connectivity index (χ3v) is 11.1. The van der Waals surface area contributed by atoms with Crippen molar-refractivity contribution in [1.82, 2.24) is 14.8 Å². The summed E-state index contributed by atoms with van der Waals surface area (Å²) >= 11 is 0. The van der Waals surface area contributed by atoms with Crippen LogP contribution >= 0.6 is 0 Å². The van der Waals surface area contributed by atoms with Crippen molar-refractivity contribution < 1.29 is 9.90 Å². The summed E-state index contributed by atoms with van der Waals surface area (Å²) < 4.78 is 1.85. The average molecular weight is 450 g/mol. The smallest absolute Gasteiger partial charge is 0.157 e. The molecule has 0 bridgehead atoms. The Balaban J connectivity index is 1.22. The van der Waals surface area contributed by atoms with E-state index in [1.54, 1.807) is 12.4 Å². The van der Waals surface area contributed by atoms with E-state index in [1.807, 2.05) is 23.7 Å². The molecule has 0 aromatic carbocycles. The van der Waals surface area contributed by atoms with E-state index in [2.05, 4.69) is 23.9 Å². The lowest BCUT2D eigenvalue weighted by atomic mass is 9.44. The maximum atomic E-state index is 13.6. The summed E-state index contributed by atoms with van der Waals surface area (Å²) in [7, 11) is 0. The number of Topliss-reactive ketones (excluding diaryl/α,β-unsaturated/α-hetero) is 1. The highest BCUT2D eigenvalue weighted by Crippen LogP contribution is 2.68. The van der Waals surface area contributed by atoms with Gasteiger partial charge in [0.1, 0.15) is 12.1 Å². The van der Waals surface area contributed by atoms with Crippen LogP contribution in [0, 0.1) is 40.4 Å². The van der Waals surface area contributed by atoms with E-state index >= 15 is 0 Å². The van der Waals surface area contributed by atoms with Crippen molar-refractivity contribution in [2.24, 2.45) is 40.4 Å². The number of nitrogens with zero attached hydrogens (tertiary/aromatic N) is 3. The standard InChI is InChI=1S/C28H39N3O2/c1-26(33)12-13-27(2)18(15-26)6-7-19-20-8-9-22(28(20,3)11-10-21(19)27)25(32)17-31-24-5-4-14-29-23(24)16-30-31/h4-5,14,16,18-22,33H,6-13,15,17H2,1-3H3/t18-,19-,20-,21-,22+,26+,27?,28-/m0/s1. The first-order valence-electron chi connectivity index (χ1n) is 13.2. The van der Waals surface area contributed by atoms with Gasteiger partial charge in [-0.25, -0.2) is 0 Å². The zero-order chi connectivity index (χ0) is 23.0. The van der Waals surface area contributed by atoms with Crippen molar-refractivity contribution in [2.75, 3.05) is 0 Å². The molecule has 0 amide bonds. The summed E-state index contributed by atoms with van der Waals surface area (Å²) in [5.41, 5.74) is 1.83. The molecule has 5 heteroatoms. The molecule has 6 rings (SSSR count). The second-order valence-corrected chi connectivity index (χ2v) is 12.7. The molecule has 4 aliphatic rings. The highest BCUT2D eigenvalue weighted by molar-refractivity contribution is 5.84. The molecule has 4 aliphatic carbocycles. The minimum Gasteiger partial charge on any atom is -0.390 e. The molecule has 8 atom stereocenters. The maximum absolute atomic E-state index is 13.6. The largest absolute Gasteiger partial charge is 0.390 e. The van der Waals surface area contributed by atoms with Gasteiger partial charge in [-0.05, 0) is 111 Å². The third kappa shape index (κ3) is 3.25. The van der Waals surface area contributed by atoms with Gasteiger partial charge in [-0.3, -0.25) is 14.5 Å². The fraction of sp³-hybridized carbons (Fsp3) is 0.750. The van der Waals surface area contributed by atoms with Crippen LogP contribution in [0.15, 0.2) is 24.5 Å². The Morgan fingerprint density at radius 2 is 1.88 bits per heavy atom. The second kappa shape index (κ2) is 7.37. The molecule has 0 aliphatic heterocycles. The van der Waals surface area contributed by atoms with Crippen LogP contribution in [-0.4, -0.2) is 31.3 Å². The first-order valence-corrected chi connectivity index (χ1v) is 13.2. The summed E-state index contributed by atoms with van der Waals surface area (Å²) in [6.45, 7) is 7.39. The molecule has 4 fully saturated rings. The predicted molar refractivity (Wildman–Crippen MR) is 128 cm³/mol. The number of rotatable bonds is 3. The van der Waals surface area contributed by atoms with Gasteiger partial charge in [0.15, 0.2) is 5.78 Å². The van der Waals surface area contributed by atoms with Crippen molar-refractivity contribution in [3.63, 3.8) is 0 Å². The Hall–Kier alpha value is -1.75. The van der Waals surface area contributed by atoms with E-state index in [4.69, 9.17) is 0 Å². The number of hydrogen-bond donors (Lipinski definition) is 1. The van der Waals surface area contributed by atoms with Crippen LogP contribution in [0.4, 0.5) is 0 Å². The van der Waals surface area contributed by atoms with Crippen LogP contribution in [-0.2, 0) is 11.3 Å². The molecule has 2 aromatic rings. The molecule has 4 saturated carbocycles. The highest BCUT2D eigenvalue weighted by atomic mass is 16.3. The van der Waals surface area contributed by atoms with E-state index < -0.39 is 5.60 Å². The minimum atomic E-state index is -0.475. The van der Waals surface area contributed by atoms with Crippen LogP contribution in [0.25, 0.3) is 11.0 Å². The van der Waals surface area contributed by atoms with E-state index in [1.165, 1.54) is 32.1 Å². The van der Waals surface area contributed by atoms with E-state index in [0.717, 1.165) is 48.6 Å². The summed E-state index contributed by atoms with van der Waals surface area (Å²) in [6.07, 6.45) is 13.8. The quantitative estimate of drug-likeness (QED) is 0.680. The Labute approximate surface area is 197 Å². The lowest BCUT2D eigenvalue weighted by Gasteiger charge is -2.61. The average Bonchev–Trinajstić information content (AvgIpc) is 3.35. The summed E-state index contributed by atoms with van der Waals surface area (Å²) in [5, 5.41) is 15.2. The number of pyridine rings is 1. The molecule has 0 spiro atoms. The zero-order valence-corrected chi connectivity index (χ0v) is 20.5. The summed E-state index contributed by atoms with van der Waals surface area (Å²) in [5.74, 6) is 3.35. The van der Waals surface area contributed by atoms with Gasteiger partial charge in [0.25, 0.3) is 0 Å². The molecule has 1 N–H and O–H groups in total. The fourth-order valence-electron chi connectivity index (χ4n) is 9.26. The van der Waals surface area contributed by atoms with Crippen LogP contribution in [0.2, 0.25) is 0 Å². The van der Waals surface area contributed by atoms with Gasteiger partial charge < -0.3 is 5.11 Å². The summed E-state index contributed by atoms with van der Waals surface area (Å²) in [4.78, 5) is 18.0. The normalized spacial score (nSPS) is 44.8. The molecule has 5 nitrogen and oxygen atoms in total. The number of fused-ring (bicyclic) bond motifs is 6. The Kier molecular flexibility index (Phi) is 4.86. The number of carbonyl (C=O) groups is 1. The first kappa shape index (κ1) is 21.8. The van der Waals surface area contributed by atoms with Crippen molar-refractivity contribution in [1.29, 1.82) is 0 Å². The number of carbonyl (C=O) groups excluding carboxylic acids is 1. The minimum absolute atomic E-state index is 0.128. The highest BCUT2D eigenvalue weighted by Gasteiger charge is 2.61. The Bertz CT molecular complexity index is 1080. The van der Waals surface area contributed by atoms with Gasteiger partial charge in [-0.1, -0.05) is 13.8 Å². The van der Waals surface area contributed by atoms with Gasteiger partial charge in [0, 0.05) is 12.1 Å². The Morgan fingerprint density at radius 3 is 2.73 bits per heavy atom. The van der Waals surface area contributed by atoms with Crippen molar-refractivity contribution >= 4 is 16.8 Å². The zero-order valence-electron chi connectivity index (χ0n) is 20.5. The van der Waals surface area contributed by atoms with Gasteiger partial charge in [-0.2, -0.15) is 5.10 Å². The van der Waals surface area contributed by atoms with Gasteiger partial charge in [0.2, 0.25) is 0 Å². The predicted octanol–water partition coefficient (Wildman–Crippen LogP) is 5.41. The molecule has 2 heterocycles. The molecule has 2 aromatic heterocycles. The Morgan fingerprint density at radius 1 is 1.06 bits per heavy atom. The van der Waals surface area contributed by atoms with Crippen LogP contribution in [0.3, 0.4) is 0 Å². The van der Waals surface area contributed by atoms with E-state index in [-0.39, 0.29) is 11.3 Å². The first-order chi connectivity index (χ1) is 15.7. The second-order valence-electron chi connectivity index (χ2n) is 12.7. The molecule has 0 radical (unpaired) electrons. The van der Waals surface area contributed by atoms with Crippen molar-refractivity contribution in [3.8, 4) is 0 Å².